The molecule has 0 heterocycles. The second-order valence-electron chi connectivity index (χ2n) is 4.57. The minimum absolute atomic E-state index is 0.232. The third-order valence-corrected chi connectivity index (χ3v) is 3.55. The van der Waals surface area contributed by atoms with E-state index in [0.717, 1.165) is 5.56 Å². The molecule has 0 bridgehead atoms. The molecule has 2 aromatic carbocycles. The predicted molar refractivity (Wildman–Crippen MR) is 87.9 cm³/mol. The minimum atomic E-state index is -0.380. The van der Waals surface area contributed by atoms with Crippen LogP contribution in [-0.4, -0.2) is 6.03 Å². The van der Waals surface area contributed by atoms with E-state index in [-0.39, 0.29) is 12.1 Å². The summed E-state index contributed by atoms with van der Waals surface area (Å²) < 4.78 is 0. The molecule has 0 fully saturated rings. The molecule has 0 radical (unpaired) electrons. The number of anilines is 2. The third kappa shape index (κ3) is 4.03. The van der Waals surface area contributed by atoms with Crippen molar-refractivity contribution in [2.45, 2.75) is 13.0 Å². The second-order valence-corrected chi connectivity index (χ2v) is 5.42. The van der Waals surface area contributed by atoms with Crippen LogP contribution in [0.2, 0.25) is 10.0 Å². The van der Waals surface area contributed by atoms with Crippen molar-refractivity contribution in [3.8, 4) is 0 Å². The molecule has 1 unspecified atom stereocenters. The van der Waals surface area contributed by atoms with Crippen molar-refractivity contribution >= 4 is 40.6 Å². The number of nitrogens with one attached hydrogen (secondary N) is 2. The zero-order chi connectivity index (χ0) is 15.4. The normalized spacial score (nSPS) is 11.8. The summed E-state index contributed by atoms with van der Waals surface area (Å²) in [6, 6.07) is 11.6. The Labute approximate surface area is 133 Å². The Kier molecular flexibility index (Phi) is 4.94. The molecule has 0 aromatic heterocycles. The second kappa shape index (κ2) is 6.70. The van der Waals surface area contributed by atoms with Crippen LogP contribution >= 0.6 is 23.2 Å². The Bertz CT molecular complexity index is 661. The van der Waals surface area contributed by atoms with Crippen molar-refractivity contribution in [1.29, 1.82) is 0 Å². The number of carbonyl (C=O) groups is 1. The summed E-state index contributed by atoms with van der Waals surface area (Å²) in [5, 5.41) is 6.38. The van der Waals surface area contributed by atoms with Crippen LogP contribution in [-0.2, 0) is 0 Å². The molecule has 0 aliphatic carbocycles. The maximum absolute atomic E-state index is 12.0. The molecule has 21 heavy (non-hydrogen) atoms. The number of benzene rings is 2. The summed E-state index contributed by atoms with van der Waals surface area (Å²) in [6.45, 7) is 1.85. The van der Waals surface area contributed by atoms with E-state index in [0.29, 0.717) is 21.4 Å². The molecule has 2 aromatic rings. The molecule has 110 valence electrons. The van der Waals surface area contributed by atoms with Gasteiger partial charge in [-0.25, -0.2) is 4.79 Å². The van der Waals surface area contributed by atoms with Gasteiger partial charge in [0, 0.05) is 10.7 Å². The van der Waals surface area contributed by atoms with Crippen molar-refractivity contribution in [2.75, 3.05) is 11.1 Å². The third-order valence-electron chi connectivity index (χ3n) is 2.99. The number of amides is 2. The summed E-state index contributed by atoms with van der Waals surface area (Å²) in [6.07, 6.45) is 0. The number of nitrogens with two attached hydrogens (primary N) is 1. The lowest BCUT2D eigenvalue weighted by molar-refractivity contribution is 0.249. The molecule has 6 heteroatoms. The first kappa shape index (κ1) is 15.5. The average Bonchev–Trinajstić information content (AvgIpc) is 2.43. The van der Waals surface area contributed by atoms with Crippen LogP contribution in [0.3, 0.4) is 0 Å². The Morgan fingerprint density at radius 3 is 2.62 bits per heavy atom. The molecule has 0 aliphatic rings. The quantitative estimate of drug-likeness (QED) is 0.730. The van der Waals surface area contributed by atoms with Gasteiger partial charge in [-0.1, -0.05) is 41.4 Å². The van der Waals surface area contributed by atoms with Crippen LogP contribution in [0, 0.1) is 0 Å². The Balaban J connectivity index is 2.05. The van der Waals surface area contributed by atoms with Gasteiger partial charge in [0.2, 0.25) is 0 Å². The number of hydrogen-bond donors (Lipinski definition) is 3. The fraction of sp³-hybridized carbons (Fsp3) is 0.133. The Hall–Kier alpha value is -1.91. The van der Waals surface area contributed by atoms with Crippen molar-refractivity contribution in [1.82, 2.24) is 5.32 Å². The molecule has 4 N–H and O–H groups in total. The smallest absolute Gasteiger partial charge is 0.319 e. The summed E-state index contributed by atoms with van der Waals surface area (Å²) >= 11 is 11.9. The van der Waals surface area contributed by atoms with E-state index in [9.17, 15) is 4.79 Å². The van der Waals surface area contributed by atoms with Crippen molar-refractivity contribution < 1.29 is 4.79 Å². The molecule has 2 amide bonds. The molecule has 2 rings (SSSR count). The van der Waals surface area contributed by atoms with Crippen LogP contribution in [0.1, 0.15) is 18.5 Å². The van der Waals surface area contributed by atoms with E-state index in [2.05, 4.69) is 10.6 Å². The first-order valence-corrected chi connectivity index (χ1v) is 7.10. The van der Waals surface area contributed by atoms with E-state index < -0.39 is 0 Å². The summed E-state index contributed by atoms with van der Waals surface area (Å²) in [5.41, 5.74) is 7.82. The maximum Gasteiger partial charge on any atom is 0.319 e. The van der Waals surface area contributed by atoms with Crippen LogP contribution in [0.25, 0.3) is 0 Å². The van der Waals surface area contributed by atoms with Gasteiger partial charge in [-0.15, -0.1) is 0 Å². The largest absolute Gasteiger partial charge is 0.398 e. The van der Waals surface area contributed by atoms with Crippen LogP contribution in [0.4, 0.5) is 16.2 Å². The highest BCUT2D eigenvalue weighted by Gasteiger charge is 2.13. The number of nitrogen functional groups attached to an aromatic ring is 1. The average molecular weight is 324 g/mol. The van der Waals surface area contributed by atoms with Gasteiger partial charge in [-0.3, -0.25) is 0 Å². The van der Waals surface area contributed by atoms with Crippen molar-refractivity contribution in [2.24, 2.45) is 0 Å². The fourth-order valence-electron chi connectivity index (χ4n) is 1.93. The highest BCUT2D eigenvalue weighted by molar-refractivity contribution is 6.35. The lowest BCUT2D eigenvalue weighted by Gasteiger charge is -2.17. The van der Waals surface area contributed by atoms with Crippen LogP contribution in [0.15, 0.2) is 42.5 Å². The van der Waals surface area contributed by atoms with Crippen molar-refractivity contribution in [3.05, 3.63) is 58.1 Å². The topological polar surface area (TPSA) is 67.2 Å². The molecule has 1 atom stereocenters. The number of halogens is 2. The summed E-state index contributed by atoms with van der Waals surface area (Å²) in [5.74, 6) is 0. The number of hydrogen-bond acceptors (Lipinski definition) is 2. The van der Waals surface area contributed by atoms with Crippen LogP contribution in [0.5, 0.6) is 0 Å². The van der Waals surface area contributed by atoms with Gasteiger partial charge in [-0.05, 0) is 36.8 Å². The molecule has 0 saturated heterocycles. The molecular weight excluding hydrogens is 309 g/mol. The van der Waals surface area contributed by atoms with E-state index in [4.69, 9.17) is 28.9 Å². The van der Waals surface area contributed by atoms with Gasteiger partial charge in [0.25, 0.3) is 0 Å². The molecule has 0 saturated carbocycles. The molecule has 0 aliphatic heterocycles. The van der Waals surface area contributed by atoms with E-state index >= 15 is 0 Å². The molecular formula is C15H15Cl2N3O. The monoisotopic (exact) mass is 323 g/mol. The molecule has 0 spiro atoms. The number of para-hydroxylation sites is 1. The predicted octanol–water partition coefficient (Wildman–Crippen LogP) is 4.46. The highest BCUT2D eigenvalue weighted by atomic mass is 35.5. The number of rotatable bonds is 3. The zero-order valence-corrected chi connectivity index (χ0v) is 12.9. The Morgan fingerprint density at radius 2 is 1.90 bits per heavy atom. The SMILES string of the molecule is CC(NC(=O)Nc1cc(Cl)ccc1Cl)c1ccccc1N. The van der Waals surface area contributed by atoms with Gasteiger partial charge in [-0.2, -0.15) is 0 Å². The highest BCUT2D eigenvalue weighted by Crippen LogP contribution is 2.25. The van der Waals surface area contributed by atoms with Crippen LogP contribution < -0.4 is 16.4 Å². The number of carbonyl (C=O) groups excluding carboxylic acids is 1. The standard InChI is InChI=1S/C15H15Cl2N3O/c1-9(11-4-2-3-5-13(11)18)19-15(21)20-14-8-10(16)6-7-12(14)17/h2-9H,18H2,1H3,(H2,19,20,21). The van der Waals surface area contributed by atoms with E-state index in [1.165, 1.54) is 0 Å². The van der Waals surface area contributed by atoms with E-state index in [1.807, 2.05) is 25.1 Å². The van der Waals surface area contributed by atoms with Gasteiger partial charge in [0.1, 0.15) is 0 Å². The lowest BCUT2D eigenvalue weighted by Crippen LogP contribution is -2.31. The summed E-state index contributed by atoms with van der Waals surface area (Å²) in [4.78, 5) is 12.0. The van der Waals surface area contributed by atoms with Crippen molar-refractivity contribution in [3.63, 3.8) is 0 Å². The number of urea groups is 1. The van der Waals surface area contributed by atoms with Gasteiger partial charge in [0.15, 0.2) is 0 Å². The minimum Gasteiger partial charge on any atom is -0.398 e. The van der Waals surface area contributed by atoms with E-state index in [1.54, 1.807) is 24.3 Å². The maximum atomic E-state index is 12.0. The summed E-state index contributed by atoms with van der Waals surface area (Å²) in [7, 11) is 0. The first-order valence-electron chi connectivity index (χ1n) is 6.34. The lowest BCUT2D eigenvalue weighted by atomic mass is 10.1. The van der Waals surface area contributed by atoms with Gasteiger partial charge < -0.3 is 16.4 Å². The zero-order valence-electron chi connectivity index (χ0n) is 11.4. The first-order chi connectivity index (χ1) is 9.97. The fourth-order valence-corrected chi connectivity index (χ4v) is 2.27. The van der Waals surface area contributed by atoms with Gasteiger partial charge in [0.05, 0.1) is 16.8 Å². The molecule has 4 nitrogen and oxygen atoms in total. The Morgan fingerprint density at radius 1 is 1.19 bits per heavy atom. The van der Waals surface area contributed by atoms with Gasteiger partial charge >= 0.3 is 6.03 Å².